The quantitative estimate of drug-likeness (QED) is 0.808. The molecule has 20 heavy (non-hydrogen) atoms. The molecule has 104 valence electrons. The Labute approximate surface area is 123 Å². The molecule has 0 saturated heterocycles. The molecule has 0 saturated carbocycles. The lowest BCUT2D eigenvalue weighted by atomic mass is 9.98. The zero-order valence-electron chi connectivity index (χ0n) is 11.8. The monoisotopic (exact) mass is 286 g/mol. The Morgan fingerprint density at radius 2 is 2.30 bits per heavy atom. The minimum absolute atomic E-state index is 0.139. The number of carbonyl (C=O) groups excluding carboxylic acids is 1. The Morgan fingerprint density at radius 3 is 3.00 bits per heavy atom. The second-order valence-electron chi connectivity index (χ2n) is 5.31. The van der Waals surface area contributed by atoms with Gasteiger partial charge in [0.05, 0.1) is 6.54 Å². The van der Waals surface area contributed by atoms with E-state index in [2.05, 4.69) is 27.4 Å². The zero-order chi connectivity index (χ0) is 14.1. The van der Waals surface area contributed by atoms with Gasteiger partial charge >= 0.3 is 0 Å². The maximum absolute atomic E-state index is 11.5. The minimum Gasteiger partial charge on any atom is -0.365 e. The third-order valence-electron chi connectivity index (χ3n) is 3.69. The van der Waals surface area contributed by atoms with Gasteiger partial charge in [0.15, 0.2) is 5.78 Å². The van der Waals surface area contributed by atoms with E-state index in [0.717, 1.165) is 42.2 Å². The summed E-state index contributed by atoms with van der Waals surface area (Å²) in [6, 6.07) is 6.08. The molecule has 0 spiro atoms. The van der Waals surface area contributed by atoms with Crippen molar-refractivity contribution in [3.8, 4) is 0 Å². The lowest BCUT2D eigenvalue weighted by molar-refractivity contribution is 0.101. The molecule has 0 fully saturated rings. The van der Waals surface area contributed by atoms with Crippen LogP contribution in [0, 0.1) is 6.92 Å². The van der Waals surface area contributed by atoms with Gasteiger partial charge in [-0.3, -0.25) is 4.79 Å². The van der Waals surface area contributed by atoms with Gasteiger partial charge in [-0.05, 0) is 50.5 Å². The van der Waals surface area contributed by atoms with E-state index in [1.165, 1.54) is 11.3 Å². The molecule has 2 heterocycles. The Bertz CT molecular complexity index is 648. The summed E-state index contributed by atoms with van der Waals surface area (Å²) in [5.74, 6) is 0.139. The molecule has 2 aromatic rings. The van der Waals surface area contributed by atoms with Crippen molar-refractivity contribution >= 4 is 22.8 Å². The molecule has 0 amide bonds. The fraction of sp³-hybridized carbons (Fsp3) is 0.375. The van der Waals surface area contributed by atoms with Crippen LogP contribution in [0.4, 0.5) is 5.69 Å². The van der Waals surface area contributed by atoms with Crippen LogP contribution in [-0.2, 0) is 13.0 Å². The number of aryl methyl sites for hydroxylation is 2. The van der Waals surface area contributed by atoms with Crippen LogP contribution in [0.25, 0.3) is 0 Å². The molecule has 1 aromatic carbocycles. The molecule has 1 aliphatic heterocycles. The van der Waals surface area contributed by atoms with Crippen molar-refractivity contribution in [2.24, 2.45) is 0 Å². The summed E-state index contributed by atoms with van der Waals surface area (Å²) in [5, 5.41) is 3.25. The highest BCUT2D eigenvalue weighted by Crippen LogP contribution is 2.30. The van der Waals surface area contributed by atoms with Gasteiger partial charge in [-0.1, -0.05) is 0 Å². The smallest absolute Gasteiger partial charge is 0.159 e. The summed E-state index contributed by atoms with van der Waals surface area (Å²) in [7, 11) is 0. The number of Topliss-reactive ketones (excluding diaryl/α,β-unsaturated/α-hetero) is 1. The van der Waals surface area contributed by atoms with Gasteiger partial charge in [-0.15, -0.1) is 11.3 Å². The average molecular weight is 286 g/mol. The summed E-state index contributed by atoms with van der Waals surface area (Å²) in [5.41, 5.74) is 4.45. The number of rotatable bonds is 3. The van der Waals surface area contributed by atoms with Crippen LogP contribution in [0.5, 0.6) is 0 Å². The molecule has 0 atom stereocenters. The van der Waals surface area contributed by atoms with E-state index in [4.69, 9.17) is 0 Å². The first kappa shape index (κ1) is 13.3. The summed E-state index contributed by atoms with van der Waals surface area (Å²) in [4.78, 5) is 18.4. The standard InChI is InChI=1S/C16H18N2OS/c1-11-10-20-16(17-11)9-18-7-3-4-14-8-13(12(2)19)5-6-15(14)18/h5-6,8,10H,3-4,7,9H2,1-2H3. The van der Waals surface area contributed by atoms with E-state index in [1.54, 1.807) is 18.3 Å². The number of aromatic nitrogens is 1. The lowest BCUT2D eigenvalue weighted by Gasteiger charge is -2.30. The number of nitrogens with zero attached hydrogens (tertiary/aromatic N) is 2. The highest BCUT2D eigenvalue weighted by atomic mass is 32.1. The van der Waals surface area contributed by atoms with Gasteiger partial charge in [0.1, 0.15) is 5.01 Å². The molecule has 0 bridgehead atoms. The van der Waals surface area contributed by atoms with Crippen LogP contribution in [0.1, 0.15) is 40.0 Å². The minimum atomic E-state index is 0.139. The Kier molecular flexibility index (Phi) is 3.57. The van der Waals surface area contributed by atoms with Crippen LogP contribution in [0.2, 0.25) is 0 Å². The Balaban J connectivity index is 1.88. The highest BCUT2D eigenvalue weighted by Gasteiger charge is 2.18. The van der Waals surface area contributed by atoms with E-state index in [0.29, 0.717) is 0 Å². The van der Waals surface area contributed by atoms with Crippen molar-refractivity contribution in [1.29, 1.82) is 0 Å². The summed E-state index contributed by atoms with van der Waals surface area (Å²) in [6.07, 6.45) is 2.20. The molecular weight excluding hydrogens is 268 g/mol. The number of anilines is 1. The molecule has 4 heteroatoms. The third-order valence-corrected chi connectivity index (χ3v) is 4.64. The van der Waals surface area contributed by atoms with Crippen molar-refractivity contribution in [1.82, 2.24) is 4.98 Å². The second kappa shape index (κ2) is 5.37. The average Bonchev–Trinajstić information content (AvgIpc) is 2.84. The number of thiazole rings is 1. The molecule has 1 aromatic heterocycles. The first-order valence-corrected chi connectivity index (χ1v) is 7.81. The number of fused-ring (bicyclic) bond motifs is 1. The van der Waals surface area contributed by atoms with Crippen LogP contribution in [0.3, 0.4) is 0 Å². The molecular formula is C16H18N2OS. The van der Waals surface area contributed by atoms with Crippen LogP contribution < -0.4 is 4.90 Å². The molecule has 0 unspecified atom stereocenters. The number of carbonyl (C=O) groups is 1. The first-order valence-electron chi connectivity index (χ1n) is 6.93. The maximum atomic E-state index is 11.5. The molecule has 0 aliphatic carbocycles. The topological polar surface area (TPSA) is 33.2 Å². The lowest BCUT2D eigenvalue weighted by Crippen LogP contribution is -2.28. The summed E-state index contributed by atoms with van der Waals surface area (Å²) in [6.45, 7) is 5.58. The van der Waals surface area contributed by atoms with Gasteiger partial charge < -0.3 is 4.90 Å². The highest BCUT2D eigenvalue weighted by molar-refractivity contribution is 7.09. The molecule has 0 N–H and O–H groups in total. The predicted molar refractivity (Wildman–Crippen MR) is 82.7 cm³/mol. The van der Waals surface area contributed by atoms with Gasteiger partial charge in [-0.25, -0.2) is 4.98 Å². The summed E-state index contributed by atoms with van der Waals surface area (Å²) < 4.78 is 0. The van der Waals surface area contributed by atoms with Gasteiger partial charge in [0.25, 0.3) is 0 Å². The molecule has 3 rings (SSSR count). The van der Waals surface area contributed by atoms with Crippen LogP contribution >= 0.6 is 11.3 Å². The molecule has 0 radical (unpaired) electrons. The van der Waals surface area contributed by atoms with E-state index in [1.807, 2.05) is 13.0 Å². The third kappa shape index (κ3) is 2.61. The van der Waals surface area contributed by atoms with Crippen LogP contribution in [0.15, 0.2) is 23.6 Å². The van der Waals surface area contributed by atoms with E-state index in [9.17, 15) is 4.79 Å². The fourth-order valence-electron chi connectivity index (χ4n) is 2.70. The van der Waals surface area contributed by atoms with E-state index in [-0.39, 0.29) is 5.78 Å². The summed E-state index contributed by atoms with van der Waals surface area (Å²) >= 11 is 1.72. The van der Waals surface area contributed by atoms with Crippen molar-refractivity contribution < 1.29 is 4.79 Å². The Morgan fingerprint density at radius 1 is 1.45 bits per heavy atom. The van der Waals surface area contributed by atoms with E-state index >= 15 is 0 Å². The van der Waals surface area contributed by atoms with Gasteiger partial charge in [-0.2, -0.15) is 0 Å². The first-order chi connectivity index (χ1) is 9.63. The largest absolute Gasteiger partial charge is 0.365 e. The molecule has 3 nitrogen and oxygen atoms in total. The Hall–Kier alpha value is -1.68. The number of ketones is 1. The van der Waals surface area contributed by atoms with Crippen molar-refractivity contribution in [3.05, 3.63) is 45.4 Å². The number of hydrogen-bond acceptors (Lipinski definition) is 4. The second-order valence-corrected chi connectivity index (χ2v) is 6.25. The zero-order valence-corrected chi connectivity index (χ0v) is 12.7. The van der Waals surface area contributed by atoms with Gasteiger partial charge in [0.2, 0.25) is 0 Å². The van der Waals surface area contributed by atoms with Crippen molar-refractivity contribution in [3.63, 3.8) is 0 Å². The predicted octanol–water partition coefficient (Wildman–Crippen LogP) is 3.61. The van der Waals surface area contributed by atoms with Crippen molar-refractivity contribution in [2.75, 3.05) is 11.4 Å². The number of benzene rings is 1. The van der Waals surface area contributed by atoms with Gasteiger partial charge in [0, 0.05) is 28.9 Å². The normalized spacial score (nSPS) is 14.2. The fourth-order valence-corrected chi connectivity index (χ4v) is 3.48. The SMILES string of the molecule is CC(=O)c1ccc2c(c1)CCCN2Cc1nc(C)cs1. The number of hydrogen-bond donors (Lipinski definition) is 0. The van der Waals surface area contributed by atoms with Crippen LogP contribution in [-0.4, -0.2) is 17.3 Å². The molecule has 1 aliphatic rings. The van der Waals surface area contributed by atoms with E-state index < -0.39 is 0 Å². The maximum Gasteiger partial charge on any atom is 0.159 e. The van der Waals surface area contributed by atoms with Crippen molar-refractivity contribution in [2.45, 2.75) is 33.2 Å².